The summed E-state index contributed by atoms with van der Waals surface area (Å²) in [7, 11) is 2.80. The van der Waals surface area contributed by atoms with E-state index in [9.17, 15) is 5.11 Å². The number of nitrogens with two attached hydrogens (primary N) is 1. The molecular formula is C8H10ClNO3. The molecule has 0 radical (unpaired) electrons. The van der Waals surface area contributed by atoms with Crippen LogP contribution in [-0.2, 0) is 0 Å². The molecule has 1 aromatic rings. The molecule has 3 N–H and O–H groups in total. The number of rotatable bonds is 2. The van der Waals surface area contributed by atoms with Crippen molar-refractivity contribution in [2.24, 2.45) is 0 Å². The minimum absolute atomic E-state index is 0.160. The van der Waals surface area contributed by atoms with Crippen molar-refractivity contribution in [3.8, 4) is 17.2 Å². The Morgan fingerprint density at radius 3 is 2.31 bits per heavy atom. The molecule has 0 aliphatic rings. The Kier molecular flexibility index (Phi) is 2.72. The van der Waals surface area contributed by atoms with Crippen molar-refractivity contribution < 1.29 is 14.6 Å². The second-order valence-corrected chi connectivity index (χ2v) is 2.77. The highest BCUT2D eigenvalue weighted by Gasteiger charge is 2.16. The zero-order chi connectivity index (χ0) is 10.0. The van der Waals surface area contributed by atoms with Crippen molar-refractivity contribution in [2.45, 2.75) is 0 Å². The lowest BCUT2D eigenvalue weighted by Crippen LogP contribution is -1.95. The lowest BCUT2D eigenvalue weighted by molar-refractivity contribution is 0.341. The standard InChI is InChI=1S/C8H10ClNO3/c1-12-7-4(9)3-5(10)8(13-2)6(7)11/h3,11H,10H2,1-2H3. The van der Waals surface area contributed by atoms with Gasteiger partial charge in [-0.1, -0.05) is 11.6 Å². The molecule has 0 saturated carbocycles. The van der Waals surface area contributed by atoms with Gasteiger partial charge in [0.05, 0.1) is 24.9 Å². The summed E-state index contributed by atoms with van der Waals surface area (Å²) in [6.45, 7) is 0. The minimum atomic E-state index is -0.185. The van der Waals surface area contributed by atoms with Crippen LogP contribution >= 0.6 is 11.6 Å². The van der Waals surface area contributed by atoms with E-state index in [2.05, 4.69) is 0 Å². The highest BCUT2D eigenvalue weighted by Crippen LogP contribution is 2.45. The van der Waals surface area contributed by atoms with Crippen LogP contribution < -0.4 is 15.2 Å². The van der Waals surface area contributed by atoms with Crippen molar-refractivity contribution >= 4 is 17.3 Å². The van der Waals surface area contributed by atoms with Crippen molar-refractivity contribution in [3.05, 3.63) is 11.1 Å². The summed E-state index contributed by atoms with van der Waals surface area (Å²) in [6.07, 6.45) is 0. The van der Waals surface area contributed by atoms with E-state index < -0.39 is 0 Å². The lowest BCUT2D eigenvalue weighted by atomic mass is 10.2. The molecule has 5 heteroatoms. The fourth-order valence-electron chi connectivity index (χ4n) is 1.03. The van der Waals surface area contributed by atoms with Crippen LogP contribution in [-0.4, -0.2) is 19.3 Å². The smallest absolute Gasteiger partial charge is 0.204 e. The quantitative estimate of drug-likeness (QED) is 0.718. The molecule has 72 valence electrons. The Bertz CT molecular complexity index is 299. The first-order valence-corrected chi connectivity index (χ1v) is 3.88. The van der Waals surface area contributed by atoms with Gasteiger partial charge in [-0.3, -0.25) is 0 Å². The van der Waals surface area contributed by atoms with Gasteiger partial charge in [0, 0.05) is 0 Å². The molecule has 0 spiro atoms. The van der Waals surface area contributed by atoms with Crippen LogP contribution in [0.4, 0.5) is 5.69 Å². The normalized spacial score (nSPS) is 9.77. The van der Waals surface area contributed by atoms with E-state index >= 15 is 0 Å². The number of phenols is 1. The summed E-state index contributed by atoms with van der Waals surface area (Å²) in [4.78, 5) is 0. The number of methoxy groups -OCH3 is 2. The molecule has 0 unspecified atom stereocenters. The molecule has 13 heavy (non-hydrogen) atoms. The molecule has 4 nitrogen and oxygen atoms in total. The van der Waals surface area contributed by atoms with Gasteiger partial charge in [-0.05, 0) is 6.07 Å². The van der Waals surface area contributed by atoms with Gasteiger partial charge in [-0.2, -0.15) is 0 Å². The Labute approximate surface area is 80.8 Å². The Morgan fingerprint density at radius 1 is 1.31 bits per heavy atom. The number of aromatic hydroxyl groups is 1. The summed E-state index contributed by atoms with van der Waals surface area (Å²) in [5.41, 5.74) is 5.80. The third kappa shape index (κ3) is 1.58. The van der Waals surface area contributed by atoms with Gasteiger partial charge in [-0.25, -0.2) is 0 Å². The van der Waals surface area contributed by atoms with Crippen molar-refractivity contribution in [3.63, 3.8) is 0 Å². The molecule has 1 rings (SSSR count). The number of hydrogen-bond donors (Lipinski definition) is 2. The molecule has 0 heterocycles. The van der Waals surface area contributed by atoms with Crippen molar-refractivity contribution in [1.29, 1.82) is 0 Å². The van der Waals surface area contributed by atoms with Gasteiger partial charge < -0.3 is 20.3 Å². The van der Waals surface area contributed by atoms with E-state index in [0.717, 1.165) is 0 Å². The van der Waals surface area contributed by atoms with Gasteiger partial charge in [-0.15, -0.1) is 0 Å². The highest BCUT2D eigenvalue weighted by atomic mass is 35.5. The maximum Gasteiger partial charge on any atom is 0.204 e. The zero-order valence-electron chi connectivity index (χ0n) is 7.30. The number of nitrogen functional groups attached to an aromatic ring is 1. The molecular weight excluding hydrogens is 194 g/mol. The molecule has 0 saturated heterocycles. The van der Waals surface area contributed by atoms with E-state index in [4.69, 9.17) is 26.8 Å². The Hall–Kier alpha value is -1.29. The van der Waals surface area contributed by atoms with Crippen LogP contribution in [0, 0.1) is 0 Å². The van der Waals surface area contributed by atoms with Crippen molar-refractivity contribution in [2.75, 3.05) is 20.0 Å². The predicted octanol–water partition coefficient (Wildman–Crippen LogP) is 1.64. The summed E-state index contributed by atoms with van der Waals surface area (Å²) >= 11 is 5.74. The van der Waals surface area contributed by atoms with Crippen molar-refractivity contribution in [1.82, 2.24) is 0 Å². The average molecular weight is 204 g/mol. The van der Waals surface area contributed by atoms with E-state index in [0.29, 0.717) is 0 Å². The number of benzene rings is 1. The highest BCUT2D eigenvalue weighted by molar-refractivity contribution is 6.32. The fraction of sp³-hybridized carbons (Fsp3) is 0.250. The molecule has 0 amide bonds. The van der Waals surface area contributed by atoms with E-state index in [1.54, 1.807) is 0 Å². The monoisotopic (exact) mass is 203 g/mol. The van der Waals surface area contributed by atoms with Crippen LogP contribution in [0.25, 0.3) is 0 Å². The van der Waals surface area contributed by atoms with Gasteiger partial charge in [0.15, 0.2) is 11.5 Å². The number of halogens is 1. The number of ether oxygens (including phenoxy) is 2. The minimum Gasteiger partial charge on any atom is -0.502 e. The maximum absolute atomic E-state index is 9.54. The predicted molar refractivity (Wildman–Crippen MR) is 50.6 cm³/mol. The number of hydrogen-bond acceptors (Lipinski definition) is 4. The molecule has 0 atom stereocenters. The van der Waals surface area contributed by atoms with Crippen LogP contribution in [0.1, 0.15) is 0 Å². The third-order valence-corrected chi connectivity index (χ3v) is 1.88. The van der Waals surface area contributed by atoms with Gasteiger partial charge >= 0.3 is 0 Å². The average Bonchev–Trinajstić information content (AvgIpc) is 2.04. The largest absolute Gasteiger partial charge is 0.502 e. The molecule has 1 aromatic carbocycles. The molecule has 0 aliphatic carbocycles. The fourth-order valence-corrected chi connectivity index (χ4v) is 1.31. The van der Waals surface area contributed by atoms with Crippen LogP contribution in [0.5, 0.6) is 17.2 Å². The Balaban J connectivity index is 3.39. The Morgan fingerprint density at radius 2 is 1.85 bits per heavy atom. The van der Waals surface area contributed by atoms with Gasteiger partial charge in [0.25, 0.3) is 0 Å². The van der Waals surface area contributed by atoms with Crippen LogP contribution in [0.15, 0.2) is 6.07 Å². The second kappa shape index (κ2) is 3.62. The number of phenolic OH excluding ortho intramolecular Hbond substituents is 1. The SMILES string of the molecule is COc1c(N)cc(Cl)c(OC)c1O. The first-order chi connectivity index (χ1) is 6.11. The molecule has 0 fully saturated rings. The van der Waals surface area contributed by atoms with E-state index in [-0.39, 0.29) is 28.0 Å². The maximum atomic E-state index is 9.54. The van der Waals surface area contributed by atoms with Gasteiger partial charge in [0.2, 0.25) is 5.75 Å². The van der Waals surface area contributed by atoms with Gasteiger partial charge in [0.1, 0.15) is 0 Å². The van der Waals surface area contributed by atoms with Crippen LogP contribution in [0.3, 0.4) is 0 Å². The third-order valence-electron chi connectivity index (χ3n) is 1.60. The topological polar surface area (TPSA) is 64.7 Å². The van der Waals surface area contributed by atoms with E-state index in [1.807, 2.05) is 0 Å². The summed E-state index contributed by atoms with van der Waals surface area (Å²) in [5, 5.41) is 9.78. The lowest BCUT2D eigenvalue weighted by Gasteiger charge is -2.11. The van der Waals surface area contributed by atoms with Crippen LogP contribution in [0.2, 0.25) is 5.02 Å². The zero-order valence-corrected chi connectivity index (χ0v) is 8.05. The summed E-state index contributed by atoms with van der Waals surface area (Å²) < 4.78 is 9.72. The first-order valence-electron chi connectivity index (χ1n) is 3.50. The molecule has 0 aliphatic heterocycles. The molecule has 0 aromatic heterocycles. The first kappa shape index (κ1) is 9.80. The number of anilines is 1. The van der Waals surface area contributed by atoms with E-state index in [1.165, 1.54) is 20.3 Å². The molecule has 0 bridgehead atoms. The summed E-state index contributed by atoms with van der Waals surface area (Å²) in [6, 6.07) is 1.46. The summed E-state index contributed by atoms with van der Waals surface area (Å²) in [5.74, 6) is 0.143. The second-order valence-electron chi connectivity index (χ2n) is 2.36.